The highest BCUT2D eigenvalue weighted by molar-refractivity contribution is 5.98. The number of imide groups is 1. The number of hydrogen-bond acceptors (Lipinski definition) is 5. The summed E-state index contributed by atoms with van der Waals surface area (Å²) in [6.07, 6.45) is -1.12. The number of ether oxygens (including phenoxy) is 1. The summed E-state index contributed by atoms with van der Waals surface area (Å²) in [5, 5.41) is 8.74. The average Bonchev–Trinajstić information content (AvgIpc) is 2.90. The van der Waals surface area contributed by atoms with Crippen molar-refractivity contribution in [1.82, 2.24) is 20.4 Å². The molecule has 3 amide bonds. The van der Waals surface area contributed by atoms with Gasteiger partial charge in [0.25, 0.3) is 5.91 Å². The van der Waals surface area contributed by atoms with Crippen LogP contribution in [-0.2, 0) is 16.1 Å². The molecule has 0 radical (unpaired) electrons. The number of aryl methyl sites for hydroxylation is 2. The third-order valence-electron chi connectivity index (χ3n) is 4.16. The van der Waals surface area contributed by atoms with Gasteiger partial charge in [0.2, 0.25) is 0 Å². The second kappa shape index (κ2) is 8.48. The minimum absolute atomic E-state index is 0.321. The molecule has 0 aliphatic carbocycles. The van der Waals surface area contributed by atoms with Gasteiger partial charge < -0.3 is 10.1 Å². The Kier molecular flexibility index (Phi) is 6.33. The number of amides is 3. The Bertz CT molecular complexity index is 855. The van der Waals surface area contributed by atoms with E-state index in [0.717, 1.165) is 5.56 Å². The van der Waals surface area contributed by atoms with Gasteiger partial charge in [0.05, 0.1) is 17.9 Å². The molecule has 2 N–H and O–H groups in total. The van der Waals surface area contributed by atoms with E-state index in [2.05, 4.69) is 15.7 Å². The second-order valence-electron chi connectivity index (χ2n) is 6.30. The highest BCUT2D eigenvalue weighted by atomic mass is 16.5. The molecular weight excluding hydrogens is 348 g/mol. The van der Waals surface area contributed by atoms with Gasteiger partial charge in [0.15, 0.2) is 6.10 Å². The number of urea groups is 1. The predicted molar refractivity (Wildman–Crippen MR) is 99.5 cm³/mol. The largest absolute Gasteiger partial charge is 0.449 e. The predicted octanol–water partition coefficient (Wildman–Crippen LogP) is 1.86. The Hall–Kier alpha value is -3.16. The van der Waals surface area contributed by atoms with Gasteiger partial charge >= 0.3 is 12.0 Å². The number of esters is 1. The minimum atomic E-state index is -1.12. The van der Waals surface area contributed by atoms with Crippen molar-refractivity contribution in [2.45, 2.75) is 40.3 Å². The van der Waals surface area contributed by atoms with Crippen molar-refractivity contribution in [2.24, 2.45) is 0 Å². The first-order valence-corrected chi connectivity index (χ1v) is 8.56. The molecule has 1 heterocycles. The van der Waals surface area contributed by atoms with Gasteiger partial charge in [-0.1, -0.05) is 29.8 Å². The fourth-order valence-corrected chi connectivity index (χ4v) is 2.56. The lowest BCUT2D eigenvalue weighted by molar-refractivity contribution is -0.127. The zero-order chi connectivity index (χ0) is 20.1. The van der Waals surface area contributed by atoms with Crippen molar-refractivity contribution < 1.29 is 19.1 Å². The molecule has 8 heteroatoms. The molecule has 0 saturated heterocycles. The number of benzene rings is 1. The number of aromatic nitrogens is 2. The summed E-state index contributed by atoms with van der Waals surface area (Å²) in [5.74, 6) is -1.36. The number of carbonyl (C=O) groups excluding carboxylic acids is 3. The van der Waals surface area contributed by atoms with Gasteiger partial charge in [0, 0.05) is 7.05 Å². The van der Waals surface area contributed by atoms with Gasteiger partial charge in [-0.3, -0.25) is 14.8 Å². The summed E-state index contributed by atoms with van der Waals surface area (Å²) in [4.78, 5) is 35.6. The lowest BCUT2D eigenvalue weighted by Gasteiger charge is -2.13. The van der Waals surface area contributed by atoms with E-state index < -0.39 is 24.0 Å². The molecule has 1 atom stereocenters. The van der Waals surface area contributed by atoms with Crippen LogP contribution in [0.3, 0.4) is 0 Å². The van der Waals surface area contributed by atoms with Crippen LogP contribution >= 0.6 is 0 Å². The zero-order valence-corrected chi connectivity index (χ0v) is 16.1. The Labute approximate surface area is 157 Å². The van der Waals surface area contributed by atoms with E-state index in [1.807, 2.05) is 31.2 Å². The third kappa shape index (κ3) is 4.93. The van der Waals surface area contributed by atoms with E-state index in [0.29, 0.717) is 23.5 Å². The van der Waals surface area contributed by atoms with Gasteiger partial charge in [-0.2, -0.15) is 5.10 Å². The van der Waals surface area contributed by atoms with Crippen molar-refractivity contribution in [2.75, 3.05) is 7.05 Å². The van der Waals surface area contributed by atoms with Crippen LogP contribution in [0.5, 0.6) is 0 Å². The van der Waals surface area contributed by atoms with Crippen LogP contribution in [0.1, 0.15) is 39.8 Å². The first kappa shape index (κ1) is 20.2. The van der Waals surface area contributed by atoms with E-state index >= 15 is 0 Å². The van der Waals surface area contributed by atoms with Crippen LogP contribution in [0.4, 0.5) is 4.79 Å². The smallest absolute Gasteiger partial charge is 0.342 e. The number of hydrogen-bond donors (Lipinski definition) is 2. The first-order valence-electron chi connectivity index (χ1n) is 8.56. The maximum absolute atomic E-state index is 12.5. The average molecular weight is 372 g/mol. The highest BCUT2D eigenvalue weighted by Gasteiger charge is 2.25. The maximum atomic E-state index is 12.5. The van der Waals surface area contributed by atoms with Crippen LogP contribution in [-0.4, -0.2) is 40.8 Å². The molecule has 1 aromatic heterocycles. The molecule has 0 aliphatic heterocycles. The van der Waals surface area contributed by atoms with Crippen LogP contribution in [0, 0.1) is 20.8 Å². The fourth-order valence-electron chi connectivity index (χ4n) is 2.56. The summed E-state index contributed by atoms with van der Waals surface area (Å²) < 4.78 is 6.93. The molecule has 0 spiro atoms. The van der Waals surface area contributed by atoms with E-state index in [1.54, 1.807) is 18.5 Å². The Morgan fingerprint density at radius 1 is 1.15 bits per heavy atom. The summed E-state index contributed by atoms with van der Waals surface area (Å²) in [7, 11) is 1.38. The summed E-state index contributed by atoms with van der Waals surface area (Å²) in [5.41, 5.74) is 3.71. The number of nitrogens with one attached hydrogen (secondary N) is 2. The molecule has 0 bridgehead atoms. The van der Waals surface area contributed by atoms with Crippen LogP contribution in [0.25, 0.3) is 0 Å². The summed E-state index contributed by atoms with van der Waals surface area (Å²) in [6, 6.07) is 7.39. The third-order valence-corrected chi connectivity index (χ3v) is 4.16. The lowest BCUT2D eigenvalue weighted by atomic mass is 10.1. The van der Waals surface area contributed by atoms with Crippen molar-refractivity contribution in [3.63, 3.8) is 0 Å². The summed E-state index contributed by atoms with van der Waals surface area (Å²) in [6.45, 7) is 7.43. The van der Waals surface area contributed by atoms with E-state index in [-0.39, 0.29) is 0 Å². The Balaban J connectivity index is 2.12. The molecule has 144 valence electrons. The van der Waals surface area contributed by atoms with Crippen molar-refractivity contribution in [3.8, 4) is 0 Å². The molecule has 0 unspecified atom stereocenters. The lowest BCUT2D eigenvalue weighted by Crippen LogP contribution is -2.43. The molecule has 0 aliphatic rings. The number of carbonyl (C=O) groups is 3. The quantitative estimate of drug-likeness (QED) is 0.780. The van der Waals surface area contributed by atoms with E-state index in [9.17, 15) is 14.4 Å². The second-order valence-corrected chi connectivity index (χ2v) is 6.30. The number of nitrogens with zero attached hydrogens (tertiary/aromatic N) is 2. The topological polar surface area (TPSA) is 102 Å². The molecule has 8 nitrogen and oxygen atoms in total. The van der Waals surface area contributed by atoms with Gasteiger partial charge in [0.1, 0.15) is 5.56 Å². The molecule has 1 aromatic carbocycles. The Morgan fingerprint density at radius 3 is 2.37 bits per heavy atom. The van der Waals surface area contributed by atoms with Gasteiger partial charge in [-0.05, 0) is 33.3 Å². The maximum Gasteiger partial charge on any atom is 0.342 e. The van der Waals surface area contributed by atoms with E-state index in [4.69, 9.17) is 4.74 Å². The molecular formula is C19H24N4O4. The van der Waals surface area contributed by atoms with Crippen LogP contribution in [0.2, 0.25) is 0 Å². The van der Waals surface area contributed by atoms with Crippen molar-refractivity contribution in [1.29, 1.82) is 0 Å². The highest BCUT2D eigenvalue weighted by Crippen LogP contribution is 2.17. The fraction of sp³-hybridized carbons (Fsp3) is 0.368. The van der Waals surface area contributed by atoms with Crippen molar-refractivity contribution >= 4 is 17.9 Å². The molecule has 2 rings (SSSR count). The summed E-state index contributed by atoms with van der Waals surface area (Å²) >= 11 is 0. The minimum Gasteiger partial charge on any atom is -0.449 e. The SMILES string of the molecule is CNC(=O)NC(=O)[C@@H](C)OC(=O)c1c(C)nn(Cc2ccc(C)cc2)c1C. The monoisotopic (exact) mass is 372 g/mol. The van der Waals surface area contributed by atoms with Crippen molar-refractivity contribution in [3.05, 3.63) is 52.3 Å². The van der Waals surface area contributed by atoms with Crippen LogP contribution in [0.15, 0.2) is 24.3 Å². The Morgan fingerprint density at radius 2 is 1.78 bits per heavy atom. The first-order chi connectivity index (χ1) is 12.7. The van der Waals surface area contributed by atoms with Gasteiger partial charge in [-0.25, -0.2) is 9.59 Å². The van der Waals surface area contributed by atoms with Gasteiger partial charge in [-0.15, -0.1) is 0 Å². The molecule has 2 aromatic rings. The normalized spacial score (nSPS) is 11.6. The number of rotatable bonds is 5. The standard InChI is InChI=1S/C19H24N4O4/c1-11-6-8-15(9-7-11)10-23-13(3)16(12(2)22-23)18(25)27-14(4)17(24)21-19(26)20-5/h6-9,14H,10H2,1-5H3,(H2,20,21,24,26)/t14-/m1/s1. The molecule has 0 saturated carbocycles. The molecule has 27 heavy (non-hydrogen) atoms. The molecule has 0 fully saturated rings. The van der Waals surface area contributed by atoms with E-state index in [1.165, 1.54) is 19.5 Å². The van der Waals surface area contributed by atoms with Crippen LogP contribution < -0.4 is 10.6 Å². The zero-order valence-electron chi connectivity index (χ0n) is 16.1.